The number of carbonyl (C=O) groups is 1. The Hall–Kier alpha value is -1.43. The molecule has 2 aliphatic rings. The number of aliphatic hydroxyl groups excluding tert-OH is 1. The second kappa shape index (κ2) is 8.60. The molecule has 132 valence electrons. The maximum atomic E-state index is 12.2. The van der Waals surface area contributed by atoms with E-state index in [1.165, 1.54) is 5.56 Å². The molecular weight excluding hydrogens is 304 g/mol. The Morgan fingerprint density at radius 1 is 1.29 bits per heavy atom. The molecular formula is C19H28N2O3. The van der Waals surface area contributed by atoms with Crippen LogP contribution in [-0.2, 0) is 16.0 Å². The number of benzene rings is 1. The van der Waals surface area contributed by atoms with E-state index in [0.29, 0.717) is 19.6 Å². The molecule has 0 bridgehead atoms. The zero-order valence-corrected chi connectivity index (χ0v) is 14.2. The molecule has 5 nitrogen and oxygen atoms in total. The van der Waals surface area contributed by atoms with Gasteiger partial charge in [-0.05, 0) is 43.4 Å². The summed E-state index contributed by atoms with van der Waals surface area (Å²) in [6, 6.07) is 8.24. The molecule has 1 amide bonds. The molecule has 0 spiro atoms. The van der Waals surface area contributed by atoms with E-state index >= 15 is 0 Å². The Bertz CT molecular complexity index is 541. The molecule has 1 unspecified atom stereocenters. The zero-order valence-electron chi connectivity index (χ0n) is 14.2. The molecule has 0 aromatic heterocycles. The van der Waals surface area contributed by atoms with Gasteiger partial charge in [-0.15, -0.1) is 0 Å². The minimum Gasteiger partial charge on any atom is -0.393 e. The Morgan fingerprint density at radius 2 is 2.08 bits per heavy atom. The average Bonchev–Trinajstić information content (AvgIpc) is 2.61. The fourth-order valence-corrected chi connectivity index (χ4v) is 3.56. The minimum absolute atomic E-state index is 0.0609. The van der Waals surface area contributed by atoms with Crippen molar-refractivity contribution in [2.24, 2.45) is 0 Å². The van der Waals surface area contributed by atoms with Crippen LogP contribution in [0.4, 0.5) is 0 Å². The molecule has 2 aliphatic heterocycles. The van der Waals surface area contributed by atoms with E-state index in [1.807, 2.05) is 12.1 Å². The summed E-state index contributed by atoms with van der Waals surface area (Å²) in [6.45, 7) is 4.29. The Kier molecular flexibility index (Phi) is 6.24. The number of hydrogen-bond acceptors (Lipinski definition) is 4. The number of hydrogen-bond donors (Lipinski definition) is 2. The third-order valence-electron chi connectivity index (χ3n) is 4.99. The van der Waals surface area contributed by atoms with Crippen molar-refractivity contribution < 1.29 is 14.6 Å². The van der Waals surface area contributed by atoms with Crippen molar-refractivity contribution in [1.29, 1.82) is 0 Å². The van der Waals surface area contributed by atoms with Gasteiger partial charge in [0.25, 0.3) is 0 Å². The van der Waals surface area contributed by atoms with Crippen molar-refractivity contribution in [2.45, 2.75) is 44.3 Å². The molecule has 5 heteroatoms. The van der Waals surface area contributed by atoms with E-state index in [0.717, 1.165) is 50.9 Å². The molecule has 24 heavy (non-hydrogen) atoms. The minimum atomic E-state index is -0.126. The second-order valence-corrected chi connectivity index (χ2v) is 6.79. The Morgan fingerprint density at radius 3 is 2.92 bits per heavy atom. The van der Waals surface area contributed by atoms with Crippen LogP contribution in [0.15, 0.2) is 24.3 Å². The van der Waals surface area contributed by atoms with Crippen LogP contribution in [-0.4, -0.2) is 54.8 Å². The number of rotatable bonds is 6. The van der Waals surface area contributed by atoms with Crippen molar-refractivity contribution in [3.05, 3.63) is 35.4 Å². The van der Waals surface area contributed by atoms with Gasteiger partial charge < -0.3 is 20.1 Å². The first-order valence-electron chi connectivity index (χ1n) is 9.09. The first-order chi connectivity index (χ1) is 11.7. The lowest BCUT2D eigenvalue weighted by atomic mass is 9.95. The predicted octanol–water partition coefficient (Wildman–Crippen LogP) is 1.65. The summed E-state index contributed by atoms with van der Waals surface area (Å²) in [5, 5.41) is 12.5. The molecule has 1 aromatic carbocycles. The van der Waals surface area contributed by atoms with Gasteiger partial charge in [-0.2, -0.15) is 0 Å². The number of ether oxygens (including phenoxy) is 1. The van der Waals surface area contributed by atoms with Crippen LogP contribution in [0.1, 0.15) is 42.9 Å². The number of aliphatic hydroxyl groups is 1. The number of amides is 1. The fraction of sp³-hybridized carbons (Fsp3) is 0.632. The van der Waals surface area contributed by atoms with Crippen LogP contribution in [0.2, 0.25) is 0 Å². The van der Waals surface area contributed by atoms with Gasteiger partial charge in [0.1, 0.15) is 0 Å². The van der Waals surface area contributed by atoms with E-state index < -0.39 is 0 Å². The highest BCUT2D eigenvalue weighted by Gasteiger charge is 2.23. The van der Waals surface area contributed by atoms with Crippen LogP contribution in [0.5, 0.6) is 0 Å². The van der Waals surface area contributed by atoms with Crippen molar-refractivity contribution in [1.82, 2.24) is 10.2 Å². The lowest BCUT2D eigenvalue weighted by Gasteiger charge is -2.29. The number of fused-ring (bicyclic) bond motifs is 1. The molecule has 2 N–H and O–H groups in total. The van der Waals surface area contributed by atoms with E-state index in [-0.39, 0.29) is 18.1 Å². The SMILES string of the molecule is O=C(CC1OCCc2ccccc21)NCCCN1CCC(O)CC1. The van der Waals surface area contributed by atoms with Gasteiger partial charge in [0.2, 0.25) is 5.91 Å². The third kappa shape index (κ3) is 4.79. The highest BCUT2D eigenvalue weighted by atomic mass is 16.5. The van der Waals surface area contributed by atoms with Crippen molar-refractivity contribution in [2.75, 3.05) is 32.8 Å². The lowest BCUT2D eigenvalue weighted by molar-refractivity contribution is -0.124. The number of piperidine rings is 1. The topological polar surface area (TPSA) is 61.8 Å². The summed E-state index contributed by atoms with van der Waals surface area (Å²) in [4.78, 5) is 14.5. The van der Waals surface area contributed by atoms with Crippen molar-refractivity contribution in [3.63, 3.8) is 0 Å². The summed E-state index contributed by atoms with van der Waals surface area (Å²) >= 11 is 0. The van der Waals surface area contributed by atoms with Gasteiger partial charge in [-0.25, -0.2) is 0 Å². The fourth-order valence-electron chi connectivity index (χ4n) is 3.56. The normalized spacial score (nSPS) is 22.1. The van der Waals surface area contributed by atoms with Gasteiger partial charge >= 0.3 is 0 Å². The molecule has 0 aliphatic carbocycles. The van der Waals surface area contributed by atoms with Crippen LogP contribution in [0, 0.1) is 0 Å². The van der Waals surface area contributed by atoms with Crippen LogP contribution < -0.4 is 5.32 Å². The Labute approximate surface area is 144 Å². The molecule has 1 atom stereocenters. The monoisotopic (exact) mass is 332 g/mol. The van der Waals surface area contributed by atoms with Crippen molar-refractivity contribution >= 4 is 5.91 Å². The summed E-state index contributed by atoms with van der Waals surface area (Å²) in [6.07, 6.45) is 3.77. The lowest BCUT2D eigenvalue weighted by Crippen LogP contribution is -2.37. The second-order valence-electron chi connectivity index (χ2n) is 6.79. The van der Waals surface area contributed by atoms with E-state index in [2.05, 4.69) is 22.3 Å². The molecule has 1 saturated heterocycles. The van der Waals surface area contributed by atoms with Gasteiger partial charge in [0.15, 0.2) is 0 Å². The number of nitrogens with zero attached hydrogens (tertiary/aromatic N) is 1. The number of nitrogens with one attached hydrogen (secondary N) is 1. The highest BCUT2D eigenvalue weighted by molar-refractivity contribution is 5.76. The van der Waals surface area contributed by atoms with Crippen LogP contribution in [0.25, 0.3) is 0 Å². The standard InChI is InChI=1S/C19H28N2O3/c22-16-6-11-21(12-7-16)10-3-9-20-19(23)14-18-17-5-2-1-4-15(17)8-13-24-18/h1-2,4-5,16,18,22H,3,6-14H2,(H,20,23). The van der Waals surface area contributed by atoms with Gasteiger partial charge in [0, 0.05) is 19.6 Å². The van der Waals surface area contributed by atoms with Crippen molar-refractivity contribution in [3.8, 4) is 0 Å². The smallest absolute Gasteiger partial charge is 0.222 e. The van der Waals surface area contributed by atoms with Gasteiger partial charge in [-0.1, -0.05) is 24.3 Å². The first-order valence-corrected chi connectivity index (χ1v) is 9.09. The quantitative estimate of drug-likeness (QED) is 0.778. The molecule has 3 rings (SSSR count). The van der Waals surface area contributed by atoms with Crippen LogP contribution in [0.3, 0.4) is 0 Å². The molecule has 0 radical (unpaired) electrons. The molecule has 1 aromatic rings. The maximum Gasteiger partial charge on any atom is 0.222 e. The highest BCUT2D eigenvalue weighted by Crippen LogP contribution is 2.29. The van der Waals surface area contributed by atoms with E-state index in [9.17, 15) is 9.90 Å². The average molecular weight is 332 g/mol. The first kappa shape index (κ1) is 17.4. The summed E-state index contributed by atoms with van der Waals surface area (Å²) in [5.41, 5.74) is 2.46. The molecule has 2 heterocycles. The predicted molar refractivity (Wildman–Crippen MR) is 92.8 cm³/mol. The van der Waals surface area contributed by atoms with E-state index in [4.69, 9.17) is 4.74 Å². The summed E-state index contributed by atoms with van der Waals surface area (Å²) in [7, 11) is 0. The summed E-state index contributed by atoms with van der Waals surface area (Å²) in [5.74, 6) is 0.0609. The largest absolute Gasteiger partial charge is 0.393 e. The maximum absolute atomic E-state index is 12.2. The zero-order chi connectivity index (χ0) is 16.8. The van der Waals surface area contributed by atoms with Gasteiger partial charge in [0.05, 0.1) is 25.2 Å². The number of carbonyl (C=O) groups excluding carboxylic acids is 1. The molecule has 1 fully saturated rings. The number of likely N-dealkylation sites (tertiary alicyclic amines) is 1. The molecule has 0 saturated carbocycles. The van der Waals surface area contributed by atoms with E-state index in [1.54, 1.807) is 0 Å². The van der Waals surface area contributed by atoms with Crippen LogP contribution >= 0.6 is 0 Å². The van der Waals surface area contributed by atoms with Gasteiger partial charge in [-0.3, -0.25) is 4.79 Å². The Balaban J connectivity index is 1.36. The summed E-state index contributed by atoms with van der Waals surface area (Å²) < 4.78 is 5.79. The third-order valence-corrected chi connectivity index (χ3v) is 4.99.